The van der Waals surface area contributed by atoms with Crippen molar-refractivity contribution in [1.29, 1.82) is 0 Å². The van der Waals surface area contributed by atoms with Crippen molar-refractivity contribution in [2.24, 2.45) is 0 Å². The van der Waals surface area contributed by atoms with Gasteiger partial charge >= 0.3 is 0 Å². The molecule has 0 aliphatic heterocycles. The fraction of sp³-hybridized carbons (Fsp3) is 0. The van der Waals surface area contributed by atoms with Gasteiger partial charge in [-0.3, -0.25) is 4.57 Å². The average Bonchev–Trinajstić information content (AvgIpc) is 2.68. The average molecular weight is 330 g/mol. The first-order valence-corrected chi connectivity index (χ1v) is 6.96. The largest absolute Gasteiger partial charge is 0.330 e. The van der Waals surface area contributed by atoms with E-state index in [1.54, 1.807) is 12.1 Å². The molecule has 6 heteroatoms. The molecule has 0 atom stereocenters. The molecule has 2 nitrogen and oxygen atoms in total. The van der Waals surface area contributed by atoms with Crippen LogP contribution in [0.5, 0.6) is 0 Å². The molecular weight excluding hydrogens is 323 g/mol. The number of rotatable bonds is 1. The van der Waals surface area contributed by atoms with Crippen molar-refractivity contribution in [2.75, 3.05) is 0 Å². The topological polar surface area (TPSA) is 20.7 Å². The second kappa shape index (κ2) is 4.84. The predicted octanol–water partition coefficient (Wildman–Crippen LogP) is 5.65. The molecule has 0 aliphatic rings. The van der Waals surface area contributed by atoms with Crippen molar-refractivity contribution in [1.82, 2.24) is 9.55 Å². The number of aromatic nitrogens is 2. The molecule has 0 aliphatic carbocycles. The third-order valence-corrected chi connectivity index (χ3v) is 4.07. The van der Waals surface area contributed by atoms with Gasteiger partial charge in [0, 0.05) is 5.02 Å². The maximum atomic E-state index is 6.05. The van der Waals surface area contributed by atoms with E-state index in [2.05, 4.69) is 4.98 Å². The summed E-state index contributed by atoms with van der Waals surface area (Å²) in [4.78, 5) is 3.13. The number of hydrogen-bond acceptors (Lipinski definition) is 1. The molecule has 0 bridgehead atoms. The summed E-state index contributed by atoms with van der Waals surface area (Å²) in [5.74, 6) is 0. The quantitative estimate of drug-likeness (QED) is 0.572. The first-order valence-electron chi connectivity index (χ1n) is 5.42. The summed E-state index contributed by atoms with van der Waals surface area (Å²) in [5, 5.41) is 1.64. The van der Waals surface area contributed by atoms with Gasteiger partial charge in [0.05, 0.1) is 26.8 Å². The standard InChI is InChI=1S/C13H7Cl3N2S/c14-7-1-4-11-12(5-7)18(13(19)17-11)8-2-3-9(15)10(16)6-8/h1-6H,(H,17,19). The Balaban J connectivity index is 2.35. The van der Waals surface area contributed by atoms with Gasteiger partial charge in [-0.05, 0) is 48.6 Å². The number of nitrogens with one attached hydrogen (secondary N) is 1. The third kappa shape index (κ3) is 2.28. The summed E-state index contributed by atoms with van der Waals surface area (Å²) in [6.45, 7) is 0. The van der Waals surface area contributed by atoms with Crippen molar-refractivity contribution in [3.05, 3.63) is 56.2 Å². The van der Waals surface area contributed by atoms with Gasteiger partial charge in [0.15, 0.2) is 4.77 Å². The van der Waals surface area contributed by atoms with E-state index in [4.69, 9.17) is 47.0 Å². The van der Waals surface area contributed by atoms with Crippen LogP contribution in [0.4, 0.5) is 0 Å². The van der Waals surface area contributed by atoms with Gasteiger partial charge in [0.1, 0.15) is 0 Å². The highest BCUT2D eigenvalue weighted by atomic mass is 35.5. The summed E-state index contributed by atoms with van der Waals surface area (Å²) < 4.78 is 2.45. The number of aromatic amines is 1. The van der Waals surface area contributed by atoms with Gasteiger partial charge in [0.25, 0.3) is 0 Å². The van der Waals surface area contributed by atoms with Gasteiger partial charge in [-0.1, -0.05) is 34.8 Å². The van der Waals surface area contributed by atoms with E-state index in [0.717, 1.165) is 16.7 Å². The molecule has 0 saturated carbocycles. The molecule has 3 aromatic rings. The number of fused-ring (bicyclic) bond motifs is 1. The van der Waals surface area contributed by atoms with E-state index in [1.165, 1.54) is 0 Å². The highest BCUT2D eigenvalue weighted by Gasteiger charge is 2.08. The highest BCUT2D eigenvalue weighted by Crippen LogP contribution is 2.28. The highest BCUT2D eigenvalue weighted by molar-refractivity contribution is 7.71. The van der Waals surface area contributed by atoms with Gasteiger partial charge in [-0.2, -0.15) is 0 Å². The van der Waals surface area contributed by atoms with E-state index in [0.29, 0.717) is 19.8 Å². The Morgan fingerprint density at radius 3 is 2.47 bits per heavy atom. The van der Waals surface area contributed by atoms with E-state index >= 15 is 0 Å². The number of benzene rings is 2. The first-order chi connectivity index (χ1) is 9.06. The van der Waals surface area contributed by atoms with Crippen LogP contribution in [0.15, 0.2) is 36.4 Å². The molecule has 0 saturated heterocycles. The number of H-pyrrole nitrogens is 1. The molecule has 1 aromatic heterocycles. The summed E-state index contributed by atoms with van der Waals surface area (Å²) in [6, 6.07) is 10.9. The lowest BCUT2D eigenvalue weighted by Gasteiger charge is -2.06. The van der Waals surface area contributed by atoms with Crippen molar-refractivity contribution in [3.8, 4) is 5.69 Å². The summed E-state index contributed by atoms with van der Waals surface area (Å²) in [5.41, 5.74) is 2.66. The Bertz CT molecular complexity index is 836. The molecular formula is C13H7Cl3N2S. The number of hydrogen-bond donors (Lipinski definition) is 1. The normalized spacial score (nSPS) is 11.1. The van der Waals surface area contributed by atoms with Crippen LogP contribution in [0.1, 0.15) is 0 Å². The van der Waals surface area contributed by atoms with Crippen LogP contribution < -0.4 is 0 Å². The van der Waals surface area contributed by atoms with E-state index in [-0.39, 0.29) is 0 Å². The second-order valence-electron chi connectivity index (χ2n) is 4.03. The minimum absolute atomic E-state index is 0.484. The van der Waals surface area contributed by atoms with Crippen LogP contribution in [0.3, 0.4) is 0 Å². The van der Waals surface area contributed by atoms with Gasteiger partial charge < -0.3 is 4.98 Å². The number of imidazole rings is 1. The zero-order valence-electron chi connectivity index (χ0n) is 9.45. The van der Waals surface area contributed by atoms with Crippen molar-refractivity contribution < 1.29 is 0 Å². The second-order valence-corrected chi connectivity index (χ2v) is 5.66. The molecule has 0 radical (unpaired) electrons. The zero-order valence-corrected chi connectivity index (χ0v) is 12.5. The molecule has 0 amide bonds. The predicted molar refractivity (Wildman–Crippen MR) is 83.5 cm³/mol. The van der Waals surface area contributed by atoms with Crippen LogP contribution in [0.2, 0.25) is 15.1 Å². The fourth-order valence-electron chi connectivity index (χ4n) is 1.96. The third-order valence-electron chi connectivity index (χ3n) is 2.81. The molecule has 1 N–H and O–H groups in total. The Labute approximate surface area is 129 Å². The smallest absolute Gasteiger partial charge is 0.182 e. The van der Waals surface area contributed by atoms with Crippen LogP contribution in [0.25, 0.3) is 16.7 Å². The van der Waals surface area contributed by atoms with Crippen molar-refractivity contribution >= 4 is 58.1 Å². The molecule has 0 unspecified atom stereocenters. The lowest BCUT2D eigenvalue weighted by Crippen LogP contribution is -1.93. The number of nitrogens with zero attached hydrogens (tertiary/aromatic N) is 1. The first kappa shape index (κ1) is 13.0. The van der Waals surface area contributed by atoms with Crippen molar-refractivity contribution in [2.45, 2.75) is 0 Å². The lowest BCUT2D eigenvalue weighted by molar-refractivity contribution is 1.07. The van der Waals surface area contributed by atoms with Crippen LogP contribution >= 0.6 is 47.0 Å². The van der Waals surface area contributed by atoms with Gasteiger partial charge in [-0.15, -0.1) is 0 Å². The maximum Gasteiger partial charge on any atom is 0.182 e. The Morgan fingerprint density at radius 1 is 0.947 bits per heavy atom. The molecule has 2 aromatic carbocycles. The lowest BCUT2D eigenvalue weighted by atomic mass is 10.3. The van der Waals surface area contributed by atoms with Crippen molar-refractivity contribution in [3.63, 3.8) is 0 Å². The van der Waals surface area contributed by atoms with E-state index in [9.17, 15) is 0 Å². The summed E-state index contributed by atoms with van der Waals surface area (Å²) in [6.07, 6.45) is 0. The monoisotopic (exact) mass is 328 g/mol. The molecule has 0 fully saturated rings. The van der Waals surface area contributed by atoms with E-state index in [1.807, 2.05) is 28.8 Å². The van der Waals surface area contributed by atoms with Gasteiger partial charge in [-0.25, -0.2) is 0 Å². The zero-order chi connectivity index (χ0) is 13.6. The Kier molecular flexibility index (Phi) is 3.31. The summed E-state index contributed by atoms with van der Waals surface area (Å²) in [7, 11) is 0. The number of halogens is 3. The molecule has 96 valence electrons. The molecule has 19 heavy (non-hydrogen) atoms. The Hall–Kier alpha value is -1.000. The maximum absolute atomic E-state index is 6.05. The SMILES string of the molecule is S=c1[nH]c2ccc(Cl)cc2n1-c1ccc(Cl)c(Cl)c1. The van der Waals surface area contributed by atoms with Crippen LogP contribution in [0, 0.1) is 4.77 Å². The van der Waals surface area contributed by atoms with Crippen LogP contribution in [-0.4, -0.2) is 9.55 Å². The molecule has 0 spiro atoms. The summed E-state index contributed by atoms with van der Waals surface area (Å²) >= 11 is 23.4. The Morgan fingerprint density at radius 2 is 1.74 bits per heavy atom. The van der Waals surface area contributed by atoms with Crippen LogP contribution in [-0.2, 0) is 0 Å². The van der Waals surface area contributed by atoms with E-state index < -0.39 is 0 Å². The van der Waals surface area contributed by atoms with Gasteiger partial charge in [0.2, 0.25) is 0 Å². The minimum atomic E-state index is 0.484. The molecule has 1 heterocycles. The minimum Gasteiger partial charge on any atom is -0.330 e. The fourth-order valence-corrected chi connectivity index (χ4v) is 2.73. The molecule has 3 rings (SSSR count).